The molecule has 0 bridgehead atoms. The van der Waals surface area contributed by atoms with E-state index < -0.39 is 0 Å². The van der Waals surface area contributed by atoms with E-state index in [9.17, 15) is 9.59 Å². The molecule has 1 atom stereocenters. The van der Waals surface area contributed by atoms with Crippen LogP contribution in [0.5, 0.6) is 0 Å². The highest BCUT2D eigenvalue weighted by atomic mass is 16.2. The van der Waals surface area contributed by atoms with Gasteiger partial charge in [0.1, 0.15) is 0 Å². The lowest BCUT2D eigenvalue weighted by Crippen LogP contribution is -2.30. The van der Waals surface area contributed by atoms with Crippen LogP contribution in [0.2, 0.25) is 0 Å². The zero-order valence-electron chi connectivity index (χ0n) is 15.6. The van der Waals surface area contributed by atoms with Crippen molar-refractivity contribution in [2.75, 3.05) is 5.32 Å². The molecule has 0 unspecified atom stereocenters. The minimum Gasteiger partial charge on any atom is -0.349 e. The van der Waals surface area contributed by atoms with Gasteiger partial charge in [0.05, 0.1) is 23.5 Å². The van der Waals surface area contributed by atoms with Gasteiger partial charge in [-0.2, -0.15) is 0 Å². The fraction of sp³-hybridized carbons (Fsp3) is 0.286. The number of hydrogen-bond acceptors (Lipinski definition) is 3. The summed E-state index contributed by atoms with van der Waals surface area (Å²) in [5.74, 6) is 0.179. The summed E-state index contributed by atoms with van der Waals surface area (Å²) in [5, 5.41) is 5.77. The fourth-order valence-corrected chi connectivity index (χ4v) is 3.16. The number of imidazole rings is 1. The fourth-order valence-electron chi connectivity index (χ4n) is 3.16. The Labute approximate surface area is 158 Å². The molecule has 0 saturated heterocycles. The first-order valence-corrected chi connectivity index (χ1v) is 9.15. The second-order valence-electron chi connectivity index (χ2n) is 6.49. The predicted molar refractivity (Wildman–Crippen MR) is 106 cm³/mol. The van der Waals surface area contributed by atoms with Gasteiger partial charge in [-0.3, -0.25) is 14.9 Å². The Hall–Kier alpha value is -3.15. The molecule has 27 heavy (non-hydrogen) atoms. The second-order valence-corrected chi connectivity index (χ2v) is 6.49. The molecule has 140 valence electrons. The number of nitrogens with one attached hydrogen (secondary N) is 2. The molecule has 2 amide bonds. The molecule has 0 aliphatic heterocycles. The second kappa shape index (κ2) is 8.49. The highest BCUT2D eigenvalue weighted by Crippen LogP contribution is 2.22. The van der Waals surface area contributed by atoms with Gasteiger partial charge in [-0.1, -0.05) is 49.4 Å². The Bertz CT molecular complexity index is 934. The van der Waals surface area contributed by atoms with E-state index in [1.165, 1.54) is 6.92 Å². The summed E-state index contributed by atoms with van der Waals surface area (Å²) >= 11 is 0. The van der Waals surface area contributed by atoms with E-state index >= 15 is 0 Å². The summed E-state index contributed by atoms with van der Waals surface area (Å²) in [6.07, 6.45) is 1.07. The Morgan fingerprint density at radius 1 is 1.07 bits per heavy atom. The average Bonchev–Trinajstić information content (AvgIpc) is 2.99. The van der Waals surface area contributed by atoms with E-state index in [0.29, 0.717) is 5.95 Å². The van der Waals surface area contributed by atoms with Crippen LogP contribution >= 0.6 is 0 Å². The number of carbonyl (C=O) groups excluding carboxylic acids is 2. The van der Waals surface area contributed by atoms with Gasteiger partial charge in [-0.25, -0.2) is 4.98 Å². The molecule has 0 radical (unpaired) electrons. The number of rotatable bonds is 7. The first-order valence-electron chi connectivity index (χ1n) is 9.15. The zero-order chi connectivity index (χ0) is 19.2. The van der Waals surface area contributed by atoms with Crippen molar-refractivity contribution in [3.63, 3.8) is 0 Å². The molecule has 0 aliphatic carbocycles. The quantitative estimate of drug-likeness (QED) is 0.672. The number of para-hydroxylation sites is 2. The SMILES string of the molecule is CCCn1c(NC(=O)C[C@H](NC(C)=O)c2ccccc2)nc2ccccc21. The van der Waals surface area contributed by atoms with Crippen LogP contribution in [0.25, 0.3) is 11.0 Å². The van der Waals surface area contributed by atoms with E-state index in [2.05, 4.69) is 22.5 Å². The number of aromatic nitrogens is 2. The molecular weight excluding hydrogens is 340 g/mol. The zero-order valence-corrected chi connectivity index (χ0v) is 15.6. The summed E-state index contributed by atoms with van der Waals surface area (Å²) in [6.45, 7) is 4.31. The minimum atomic E-state index is -0.382. The lowest BCUT2D eigenvalue weighted by atomic mass is 10.0. The molecule has 2 aromatic carbocycles. The van der Waals surface area contributed by atoms with Crippen molar-refractivity contribution in [3.8, 4) is 0 Å². The number of fused-ring (bicyclic) bond motifs is 1. The van der Waals surface area contributed by atoms with Crippen LogP contribution in [0, 0.1) is 0 Å². The highest BCUT2D eigenvalue weighted by molar-refractivity contribution is 5.92. The van der Waals surface area contributed by atoms with Crippen LogP contribution in [0.3, 0.4) is 0 Å². The van der Waals surface area contributed by atoms with E-state index in [4.69, 9.17) is 0 Å². The number of hydrogen-bond donors (Lipinski definition) is 2. The summed E-state index contributed by atoms with van der Waals surface area (Å²) < 4.78 is 2.02. The molecule has 3 rings (SSSR count). The van der Waals surface area contributed by atoms with Gasteiger partial charge >= 0.3 is 0 Å². The van der Waals surface area contributed by atoms with Gasteiger partial charge in [0.15, 0.2) is 0 Å². The van der Waals surface area contributed by atoms with Crippen LogP contribution in [-0.4, -0.2) is 21.4 Å². The smallest absolute Gasteiger partial charge is 0.229 e. The van der Waals surface area contributed by atoms with Crippen molar-refractivity contribution in [1.82, 2.24) is 14.9 Å². The van der Waals surface area contributed by atoms with Crippen LogP contribution in [0.4, 0.5) is 5.95 Å². The number of nitrogens with zero attached hydrogens (tertiary/aromatic N) is 2. The molecular formula is C21H24N4O2. The summed E-state index contributed by atoms with van der Waals surface area (Å²) in [5.41, 5.74) is 2.74. The van der Waals surface area contributed by atoms with Crippen LogP contribution in [0.15, 0.2) is 54.6 Å². The largest absolute Gasteiger partial charge is 0.349 e. The van der Waals surface area contributed by atoms with Gasteiger partial charge in [0, 0.05) is 13.5 Å². The lowest BCUT2D eigenvalue weighted by Gasteiger charge is -2.18. The molecule has 0 fully saturated rings. The van der Waals surface area contributed by atoms with E-state index in [-0.39, 0.29) is 24.3 Å². The van der Waals surface area contributed by atoms with E-state index in [0.717, 1.165) is 29.6 Å². The maximum atomic E-state index is 12.7. The first-order chi connectivity index (χ1) is 13.1. The number of benzene rings is 2. The molecule has 1 aromatic heterocycles. The maximum Gasteiger partial charge on any atom is 0.229 e. The first kappa shape index (κ1) is 18.6. The third-order valence-corrected chi connectivity index (χ3v) is 4.32. The normalized spacial score (nSPS) is 11.9. The number of aryl methyl sites for hydroxylation is 1. The van der Waals surface area contributed by atoms with E-state index in [1.54, 1.807) is 0 Å². The summed E-state index contributed by atoms with van der Waals surface area (Å²) in [4.78, 5) is 28.8. The minimum absolute atomic E-state index is 0.138. The Morgan fingerprint density at radius 3 is 2.48 bits per heavy atom. The third kappa shape index (κ3) is 4.53. The molecule has 2 N–H and O–H groups in total. The van der Waals surface area contributed by atoms with Crippen LogP contribution < -0.4 is 10.6 Å². The molecule has 0 spiro atoms. The van der Waals surface area contributed by atoms with Crippen molar-refractivity contribution >= 4 is 28.8 Å². The van der Waals surface area contributed by atoms with Crippen LogP contribution in [-0.2, 0) is 16.1 Å². The van der Waals surface area contributed by atoms with Crippen molar-refractivity contribution in [1.29, 1.82) is 0 Å². The van der Waals surface area contributed by atoms with Gasteiger partial charge < -0.3 is 9.88 Å². The summed E-state index contributed by atoms with van der Waals surface area (Å²) in [6, 6.07) is 16.9. The molecule has 1 heterocycles. The Kier molecular flexibility index (Phi) is 5.86. The molecule has 0 aliphatic rings. The summed E-state index contributed by atoms with van der Waals surface area (Å²) in [7, 11) is 0. The van der Waals surface area contributed by atoms with Crippen molar-refractivity contribution in [2.24, 2.45) is 0 Å². The van der Waals surface area contributed by atoms with Gasteiger partial charge in [0.25, 0.3) is 0 Å². The number of carbonyl (C=O) groups is 2. The van der Waals surface area contributed by atoms with Gasteiger partial charge in [-0.05, 0) is 24.1 Å². The highest BCUT2D eigenvalue weighted by Gasteiger charge is 2.19. The monoisotopic (exact) mass is 364 g/mol. The standard InChI is InChI=1S/C21H24N4O2/c1-3-13-25-19-12-8-7-11-17(19)23-21(25)24-20(27)14-18(22-15(2)26)16-9-5-4-6-10-16/h4-12,18H,3,13-14H2,1-2H3,(H,22,26)(H,23,24,27)/t18-/m0/s1. The van der Waals surface area contributed by atoms with Crippen molar-refractivity contribution in [3.05, 3.63) is 60.2 Å². The average molecular weight is 364 g/mol. The number of anilines is 1. The molecule has 0 saturated carbocycles. The molecule has 3 aromatic rings. The Morgan fingerprint density at radius 2 is 1.78 bits per heavy atom. The van der Waals surface area contributed by atoms with Crippen LogP contribution in [0.1, 0.15) is 38.3 Å². The van der Waals surface area contributed by atoms with Crippen molar-refractivity contribution < 1.29 is 9.59 Å². The predicted octanol–water partition coefficient (Wildman–Crippen LogP) is 3.65. The van der Waals surface area contributed by atoms with Crippen molar-refractivity contribution in [2.45, 2.75) is 39.3 Å². The maximum absolute atomic E-state index is 12.7. The lowest BCUT2D eigenvalue weighted by molar-refractivity contribution is -0.120. The van der Waals surface area contributed by atoms with E-state index in [1.807, 2.05) is 59.2 Å². The van der Waals surface area contributed by atoms with Gasteiger partial charge in [0.2, 0.25) is 17.8 Å². The number of amides is 2. The Balaban J connectivity index is 1.80. The molecule has 6 heteroatoms. The van der Waals surface area contributed by atoms with Gasteiger partial charge in [-0.15, -0.1) is 0 Å². The molecule has 6 nitrogen and oxygen atoms in total. The topological polar surface area (TPSA) is 76.0 Å². The third-order valence-electron chi connectivity index (χ3n) is 4.32.